The van der Waals surface area contributed by atoms with E-state index in [9.17, 15) is 9.18 Å². The fraction of sp³-hybridized carbons (Fsp3) is 0.533. The lowest BCUT2D eigenvalue weighted by molar-refractivity contribution is -0.121. The Balaban J connectivity index is 0.00000220. The first-order chi connectivity index (χ1) is 9.70. The van der Waals surface area contributed by atoms with Gasteiger partial charge in [-0.3, -0.25) is 4.79 Å². The number of rotatable bonds is 6. The number of thioether (sulfide) groups is 1. The molecule has 2 atom stereocenters. The molecule has 0 heterocycles. The highest BCUT2D eigenvalue weighted by Gasteiger charge is 2.26. The van der Waals surface area contributed by atoms with Gasteiger partial charge in [0.25, 0.3) is 0 Å². The molecule has 1 amide bonds. The lowest BCUT2D eigenvalue weighted by Gasteiger charge is -2.19. The number of hydrogen-bond donors (Lipinski definition) is 2. The highest BCUT2D eigenvalue weighted by molar-refractivity contribution is 7.99. The molecule has 118 valence electrons. The van der Waals surface area contributed by atoms with Crippen molar-refractivity contribution >= 4 is 30.1 Å². The number of carbonyl (C=O) groups is 1. The third-order valence-corrected chi connectivity index (χ3v) is 4.78. The predicted molar refractivity (Wildman–Crippen MR) is 87.3 cm³/mol. The smallest absolute Gasteiger partial charge is 0.221 e. The second-order valence-corrected chi connectivity index (χ2v) is 6.27. The molecule has 1 aliphatic rings. The van der Waals surface area contributed by atoms with Crippen LogP contribution in [0.2, 0.25) is 0 Å². The Bertz CT molecular complexity index is 461. The van der Waals surface area contributed by atoms with Gasteiger partial charge >= 0.3 is 0 Å². The van der Waals surface area contributed by atoms with E-state index in [1.54, 1.807) is 18.2 Å². The molecule has 1 fully saturated rings. The van der Waals surface area contributed by atoms with Crippen molar-refractivity contribution in [2.45, 2.75) is 36.6 Å². The largest absolute Gasteiger partial charge is 0.353 e. The van der Waals surface area contributed by atoms with Crippen molar-refractivity contribution in [1.29, 1.82) is 0 Å². The van der Waals surface area contributed by atoms with Crippen molar-refractivity contribution in [3.05, 3.63) is 30.1 Å². The van der Waals surface area contributed by atoms with Gasteiger partial charge in [-0.05, 0) is 37.4 Å². The third-order valence-electron chi connectivity index (χ3n) is 3.73. The third kappa shape index (κ3) is 5.49. The van der Waals surface area contributed by atoms with Crippen LogP contribution in [-0.2, 0) is 4.79 Å². The molecule has 0 bridgehead atoms. The number of benzene rings is 1. The minimum atomic E-state index is -0.225. The summed E-state index contributed by atoms with van der Waals surface area (Å²) < 4.78 is 13.4. The molecule has 1 saturated carbocycles. The second-order valence-electron chi connectivity index (χ2n) is 5.13. The van der Waals surface area contributed by atoms with Crippen molar-refractivity contribution in [1.82, 2.24) is 5.32 Å². The molecule has 0 spiro atoms. The van der Waals surface area contributed by atoms with E-state index < -0.39 is 0 Å². The molecular weight excluding hydrogens is 311 g/mol. The molecule has 0 aliphatic heterocycles. The minimum absolute atomic E-state index is 0. The zero-order valence-corrected chi connectivity index (χ0v) is 13.5. The summed E-state index contributed by atoms with van der Waals surface area (Å²) in [5, 5.41) is 3.05. The van der Waals surface area contributed by atoms with E-state index in [0.29, 0.717) is 29.5 Å². The molecule has 21 heavy (non-hydrogen) atoms. The van der Waals surface area contributed by atoms with Crippen molar-refractivity contribution in [3.63, 3.8) is 0 Å². The standard InChI is InChI=1S/C15H21FN2OS.ClH/c16-12-5-1-2-7-14(12)20-9-8-15(19)18-13-6-3-4-11(13)10-17;/h1-2,5,7,11,13H,3-4,6,8-10,17H2,(H,18,19);1H. The molecule has 2 unspecified atom stereocenters. The molecule has 6 heteroatoms. The molecule has 3 N–H and O–H groups in total. The molecule has 1 aromatic rings. The normalized spacial score (nSPS) is 20.9. The number of halogens is 2. The van der Waals surface area contributed by atoms with Crippen LogP contribution in [0.5, 0.6) is 0 Å². The van der Waals surface area contributed by atoms with Gasteiger partial charge in [0.2, 0.25) is 5.91 Å². The van der Waals surface area contributed by atoms with Crippen molar-refractivity contribution in [2.24, 2.45) is 11.7 Å². The summed E-state index contributed by atoms with van der Waals surface area (Å²) in [6.45, 7) is 0.634. The number of nitrogens with one attached hydrogen (secondary N) is 1. The van der Waals surface area contributed by atoms with Gasteiger partial charge in [-0.25, -0.2) is 4.39 Å². The van der Waals surface area contributed by atoms with E-state index in [-0.39, 0.29) is 30.2 Å². The van der Waals surface area contributed by atoms with Gasteiger partial charge < -0.3 is 11.1 Å². The van der Waals surface area contributed by atoms with E-state index >= 15 is 0 Å². The maximum Gasteiger partial charge on any atom is 0.221 e. The Morgan fingerprint density at radius 3 is 2.86 bits per heavy atom. The Kier molecular flexibility index (Phi) is 8.07. The summed E-state index contributed by atoms with van der Waals surface area (Å²) in [6.07, 6.45) is 3.67. The average Bonchev–Trinajstić information content (AvgIpc) is 2.88. The lowest BCUT2D eigenvalue weighted by atomic mass is 10.0. The van der Waals surface area contributed by atoms with E-state index in [4.69, 9.17) is 5.73 Å². The van der Waals surface area contributed by atoms with Gasteiger partial charge in [-0.1, -0.05) is 18.6 Å². The van der Waals surface area contributed by atoms with E-state index in [1.807, 2.05) is 0 Å². The van der Waals surface area contributed by atoms with Gasteiger partial charge in [0.15, 0.2) is 0 Å². The first-order valence-corrected chi connectivity index (χ1v) is 8.06. The molecule has 0 aromatic heterocycles. The van der Waals surface area contributed by atoms with Gasteiger partial charge in [-0.2, -0.15) is 0 Å². The topological polar surface area (TPSA) is 55.1 Å². The summed E-state index contributed by atoms with van der Waals surface area (Å²) in [7, 11) is 0. The van der Waals surface area contributed by atoms with Crippen LogP contribution in [0, 0.1) is 11.7 Å². The van der Waals surface area contributed by atoms with Gasteiger partial charge in [-0.15, -0.1) is 24.2 Å². The Morgan fingerprint density at radius 1 is 1.38 bits per heavy atom. The van der Waals surface area contributed by atoms with Crippen LogP contribution >= 0.6 is 24.2 Å². The van der Waals surface area contributed by atoms with Crippen LogP contribution in [0.3, 0.4) is 0 Å². The summed E-state index contributed by atoms with van der Waals surface area (Å²) in [4.78, 5) is 12.5. The van der Waals surface area contributed by atoms with Crippen LogP contribution in [0.1, 0.15) is 25.7 Å². The van der Waals surface area contributed by atoms with E-state index in [1.165, 1.54) is 17.8 Å². The Labute approximate surface area is 135 Å². The summed E-state index contributed by atoms with van der Waals surface area (Å²) in [6, 6.07) is 6.87. The Morgan fingerprint density at radius 2 is 2.14 bits per heavy atom. The molecule has 3 nitrogen and oxygen atoms in total. The van der Waals surface area contributed by atoms with Crippen LogP contribution < -0.4 is 11.1 Å². The van der Waals surface area contributed by atoms with Gasteiger partial charge in [0.05, 0.1) is 0 Å². The fourth-order valence-corrected chi connectivity index (χ4v) is 3.49. The van der Waals surface area contributed by atoms with Gasteiger partial charge in [0.1, 0.15) is 5.82 Å². The number of nitrogens with two attached hydrogens (primary N) is 1. The SMILES string of the molecule is Cl.NCC1CCCC1NC(=O)CCSc1ccccc1F. The van der Waals surface area contributed by atoms with E-state index in [0.717, 1.165) is 19.3 Å². The zero-order valence-electron chi connectivity index (χ0n) is 11.9. The Hall–Kier alpha value is -0.780. The monoisotopic (exact) mass is 332 g/mol. The summed E-state index contributed by atoms with van der Waals surface area (Å²) in [5.41, 5.74) is 5.70. The average molecular weight is 333 g/mol. The zero-order chi connectivity index (χ0) is 14.4. The maximum absolute atomic E-state index is 13.4. The molecule has 0 radical (unpaired) electrons. The quantitative estimate of drug-likeness (QED) is 0.787. The van der Waals surface area contributed by atoms with Crippen LogP contribution in [0.15, 0.2) is 29.2 Å². The van der Waals surface area contributed by atoms with Crippen molar-refractivity contribution in [3.8, 4) is 0 Å². The second kappa shape index (κ2) is 9.28. The highest BCUT2D eigenvalue weighted by atomic mass is 35.5. The molecule has 0 saturated heterocycles. The maximum atomic E-state index is 13.4. The van der Waals surface area contributed by atoms with Crippen LogP contribution in [0.25, 0.3) is 0 Å². The van der Waals surface area contributed by atoms with Gasteiger partial charge in [0, 0.05) is 23.1 Å². The highest BCUT2D eigenvalue weighted by Crippen LogP contribution is 2.25. The van der Waals surface area contributed by atoms with Crippen LogP contribution in [0.4, 0.5) is 4.39 Å². The van der Waals surface area contributed by atoms with Crippen molar-refractivity contribution in [2.75, 3.05) is 12.3 Å². The minimum Gasteiger partial charge on any atom is -0.353 e. The first kappa shape index (κ1) is 18.3. The van der Waals surface area contributed by atoms with Crippen molar-refractivity contribution < 1.29 is 9.18 Å². The lowest BCUT2D eigenvalue weighted by Crippen LogP contribution is -2.39. The van der Waals surface area contributed by atoms with Crippen LogP contribution in [-0.4, -0.2) is 24.2 Å². The van der Waals surface area contributed by atoms with E-state index in [2.05, 4.69) is 5.32 Å². The number of amides is 1. The fourth-order valence-electron chi connectivity index (χ4n) is 2.60. The molecule has 1 aliphatic carbocycles. The number of hydrogen-bond acceptors (Lipinski definition) is 3. The summed E-state index contributed by atoms with van der Waals surface area (Å²) >= 11 is 1.38. The number of carbonyl (C=O) groups excluding carboxylic acids is 1. The molecular formula is C15H22ClFN2OS. The molecule has 1 aromatic carbocycles. The predicted octanol–water partition coefficient (Wildman–Crippen LogP) is 2.97. The first-order valence-electron chi connectivity index (χ1n) is 7.07. The summed E-state index contributed by atoms with van der Waals surface area (Å²) in [5.74, 6) is 0.821. The molecule has 2 rings (SSSR count).